The van der Waals surface area contributed by atoms with E-state index in [-0.39, 0.29) is 18.1 Å². The minimum absolute atomic E-state index is 0.105. The van der Waals surface area contributed by atoms with Gasteiger partial charge in [0.15, 0.2) is 0 Å². The smallest absolute Gasteiger partial charge is 0.293 e. The summed E-state index contributed by atoms with van der Waals surface area (Å²) in [6.45, 7) is 7.64. The lowest BCUT2D eigenvalue weighted by atomic mass is 10.0. The van der Waals surface area contributed by atoms with Gasteiger partial charge in [-0.1, -0.05) is 0 Å². The first-order valence-electron chi connectivity index (χ1n) is 5.52. The van der Waals surface area contributed by atoms with Crippen molar-refractivity contribution < 1.29 is 19.7 Å². The van der Waals surface area contributed by atoms with E-state index < -0.39 is 6.10 Å². The number of aliphatic hydroxyl groups is 2. The molecule has 0 saturated carbocycles. The van der Waals surface area contributed by atoms with E-state index in [1.165, 1.54) is 0 Å². The third-order valence-electron chi connectivity index (χ3n) is 2.23. The predicted molar refractivity (Wildman–Crippen MR) is 61.0 cm³/mol. The molecule has 1 heterocycles. The summed E-state index contributed by atoms with van der Waals surface area (Å²) in [5, 5.41) is 20.7. The second kappa shape index (κ2) is 7.60. The molecule has 0 aliphatic carbocycles. The lowest BCUT2D eigenvalue weighted by Gasteiger charge is -2.14. The Labute approximate surface area is 96.8 Å². The number of carbonyl (C=O) groups excluding carboxylic acids is 1. The monoisotopic (exact) mass is 233 g/mol. The third-order valence-corrected chi connectivity index (χ3v) is 2.23. The second-order valence-electron chi connectivity index (χ2n) is 4.83. The summed E-state index contributed by atoms with van der Waals surface area (Å²) in [6.07, 6.45) is 0.474. The van der Waals surface area contributed by atoms with E-state index >= 15 is 0 Å². The molecule has 1 aliphatic heterocycles. The highest BCUT2D eigenvalue weighted by Gasteiger charge is 2.21. The van der Waals surface area contributed by atoms with Crippen LogP contribution in [-0.4, -0.2) is 48.1 Å². The number of hydrogen-bond acceptors (Lipinski definition) is 5. The molecule has 0 bridgehead atoms. The molecule has 0 amide bonds. The van der Waals surface area contributed by atoms with Crippen LogP contribution in [0.1, 0.15) is 27.2 Å². The fourth-order valence-electron chi connectivity index (χ4n) is 1.30. The van der Waals surface area contributed by atoms with Gasteiger partial charge in [-0.05, 0) is 33.7 Å². The molecular formula is C11H23NO4. The number of rotatable bonds is 3. The number of aliphatic hydroxyl groups excluding tert-OH is 2. The third kappa shape index (κ3) is 7.62. The highest BCUT2D eigenvalue weighted by atomic mass is 16.5. The van der Waals surface area contributed by atoms with E-state index in [9.17, 15) is 4.79 Å². The topological polar surface area (TPSA) is 78.8 Å². The van der Waals surface area contributed by atoms with Crippen molar-refractivity contribution in [3.05, 3.63) is 0 Å². The first-order chi connectivity index (χ1) is 7.40. The Morgan fingerprint density at radius 2 is 2.19 bits per heavy atom. The SMILES string of the molecule is CC(C)(C)OC=O.OCC(O)C1CCNC1. The van der Waals surface area contributed by atoms with Crippen molar-refractivity contribution in [2.45, 2.75) is 38.9 Å². The van der Waals surface area contributed by atoms with E-state index in [1.807, 2.05) is 20.8 Å². The first kappa shape index (κ1) is 15.3. The van der Waals surface area contributed by atoms with Gasteiger partial charge in [0.2, 0.25) is 0 Å². The molecule has 16 heavy (non-hydrogen) atoms. The quantitative estimate of drug-likeness (QED) is 0.594. The van der Waals surface area contributed by atoms with Crippen molar-refractivity contribution in [3.63, 3.8) is 0 Å². The van der Waals surface area contributed by atoms with Crippen LogP contribution in [0.2, 0.25) is 0 Å². The van der Waals surface area contributed by atoms with Gasteiger partial charge in [0.1, 0.15) is 5.60 Å². The van der Waals surface area contributed by atoms with Crippen LogP contribution >= 0.6 is 0 Å². The lowest BCUT2D eigenvalue weighted by Crippen LogP contribution is -2.25. The zero-order valence-electron chi connectivity index (χ0n) is 10.3. The molecule has 0 aromatic rings. The van der Waals surface area contributed by atoms with E-state index in [4.69, 9.17) is 10.2 Å². The Hall–Kier alpha value is -0.650. The van der Waals surface area contributed by atoms with Crippen LogP contribution in [0, 0.1) is 5.92 Å². The fourth-order valence-corrected chi connectivity index (χ4v) is 1.30. The van der Waals surface area contributed by atoms with E-state index in [1.54, 1.807) is 0 Å². The van der Waals surface area contributed by atoms with Gasteiger partial charge >= 0.3 is 0 Å². The maximum atomic E-state index is 9.60. The van der Waals surface area contributed by atoms with Gasteiger partial charge in [0.25, 0.3) is 6.47 Å². The van der Waals surface area contributed by atoms with E-state index in [0.29, 0.717) is 6.47 Å². The summed E-state index contributed by atoms with van der Waals surface area (Å²) in [5.74, 6) is 0.273. The maximum absolute atomic E-state index is 9.60. The molecule has 2 unspecified atom stereocenters. The Kier molecular flexibility index (Phi) is 7.29. The van der Waals surface area contributed by atoms with Gasteiger partial charge in [-0.3, -0.25) is 4.79 Å². The Balaban J connectivity index is 0.000000293. The first-order valence-corrected chi connectivity index (χ1v) is 5.52. The van der Waals surface area contributed by atoms with Crippen molar-refractivity contribution in [2.24, 2.45) is 5.92 Å². The average molecular weight is 233 g/mol. The number of carbonyl (C=O) groups is 1. The predicted octanol–water partition coefficient (Wildman–Crippen LogP) is -0.0930. The summed E-state index contributed by atoms with van der Waals surface area (Å²) in [6, 6.07) is 0. The molecule has 2 atom stereocenters. The minimum Gasteiger partial charge on any atom is -0.462 e. The lowest BCUT2D eigenvalue weighted by molar-refractivity contribution is -0.138. The van der Waals surface area contributed by atoms with Gasteiger partial charge < -0.3 is 20.3 Å². The summed E-state index contributed by atoms with van der Waals surface area (Å²) in [7, 11) is 0. The maximum Gasteiger partial charge on any atom is 0.293 e. The molecule has 5 nitrogen and oxygen atoms in total. The van der Waals surface area contributed by atoms with Crippen molar-refractivity contribution in [3.8, 4) is 0 Å². The minimum atomic E-state index is -0.514. The van der Waals surface area contributed by atoms with Gasteiger partial charge in [-0.15, -0.1) is 0 Å². The molecule has 5 heteroatoms. The Morgan fingerprint density at radius 1 is 1.56 bits per heavy atom. The highest BCUT2D eigenvalue weighted by molar-refractivity contribution is 5.37. The van der Waals surface area contributed by atoms with Crippen molar-refractivity contribution >= 4 is 6.47 Å². The Morgan fingerprint density at radius 3 is 2.44 bits per heavy atom. The molecule has 1 saturated heterocycles. The zero-order valence-corrected chi connectivity index (χ0v) is 10.3. The number of nitrogens with one attached hydrogen (secondary N) is 1. The van der Waals surface area contributed by atoms with Crippen molar-refractivity contribution in [2.75, 3.05) is 19.7 Å². The second-order valence-corrected chi connectivity index (χ2v) is 4.83. The molecule has 96 valence electrons. The van der Waals surface area contributed by atoms with Gasteiger partial charge in [-0.2, -0.15) is 0 Å². The molecule has 0 aromatic heterocycles. The van der Waals surface area contributed by atoms with E-state index in [2.05, 4.69) is 10.1 Å². The van der Waals surface area contributed by atoms with Crippen molar-refractivity contribution in [1.82, 2.24) is 5.32 Å². The molecule has 1 fully saturated rings. The number of ether oxygens (including phenoxy) is 1. The Bertz CT molecular complexity index is 185. The number of hydrogen-bond donors (Lipinski definition) is 3. The van der Waals surface area contributed by atoms with Gasteiger partial charge in [0, 0.05) is 12.5 Å². The van der Waals surface area contributed by atoms with E-state index in [0.717, 1.165) is 19.5 Å². The summed E-state index contributed by atoms with van der Waals surface area (Å²) < 4.78 is 4.55. The summed E-state index contributed by atoms with van der Waals surface area (Å²) >= 11 is 0. The standard InChI is InChI=1S/C6H13NO2.C5H10O2/c8-4-6(9)5-1-2-7-3-5;1-5(2,3)7-4-6/h5-9H,1-4H2;4H,1-3H3. The average Bonchev–Trinajstić information content (AvgIpc) is 2.68. The summed E-state index contributed by atoms with van der Waals surface area (Å²) in [5.41, 5.74) is -0.318. The molecular weight excluding hydrogens is 210 g/mol. The van der Waals surface area contributed by atoms with Crippen LogP contribution in [-0.2, 0) is 9.53 Å². The zero-order chi connectivity index (χ0) is 12.6. The summed E-state index contributed by atoms with van der Waals surface area (Å²) in [4.78, 5) is 9.60. The highest BCUT2D eigenvalue weighted by Crippen LogP contribution is 2.11. The normalized spacial score (nSPS) is 21.9. The molecule has 0 radical (unpaired) electrons. The van der Waals surface area contributed by atoms with Gasteiger partial charge in [-0.25, -0.2) is 0 Å². The van der Waals surface area contributed by atoms with Crippen LogP contribution in [0.4, 0.5) is 0 Å². The molecule has 1 rings (SSSR count). The van der Waals surface area contributed by atoms with Crippen LogP contribution in [0.25, 0.3) is 0 Å². The van der Waals surface area contributed by atoms with Crippen molar-refractivity contribution in [1.29, 1.82) is 0 Å². The molecule has 0 spiro atoms. The molecule has 0 aromatic carbocycles. The van der Waals surface area contributed by atoms with Crippen LogP contribution in [0.5, 0.6) is 0 Å². The van der Waals surface area contributed by atoms with Gasteiger partial charge in [0.05, 0.1) is 12.7 Å². The van der Waals surface area contributed by atoms with Crippen LogP contribution in [0.3, 0.4) is 0 Å². The van der Waals surface area contributed by atoms with Crippen LogP contribution in [0.15, 0.2) is 0 Å². The largest absolute Gasteiger partial charge is 0.462 e. The molecule has 3 N–H and O–H groups in total. The molecule has 1 aliphatic rings. The van der Waals surface area contributed by atoms with Crippen LogP contribution < -0.4 is 5.32 Å². The fraction of sp³-hybridized carbons (Fsp3) is 0.909.